The monoisotopic (exact) mass is 222 g/mol. The van der Waals surface area contributed by atoms with Crippen molar-refractivity contribution < 1.29 is 0 Å². The summed E-state index contributed by atoms with van der Waals surface area (Å²) in [4.78, 5) is 8.81. The van der Waals surface area contributed by atoms with Gasteiger partial charge in [0.2, 0.25) is 0 Å². The zero-order chi connectivity index (χ0) is 10.7. The molecule has 0 unspecified atom stereocenters. The van der Waals surface area contributed by atoms with Crippen molar-refractivity contribution in [2.75, 3.05) is 17.6 Å². The molecule has 0 aliphatic heterocycles. The first-order chi connectivity index (χ1) is 7.35. The molecule has 0 bridgehead atoms. The van der Waals surface area contributed by atoms with E-state index in [1.165, 1.54) is 0 Å². The maximum absolute atomic E-state index is 4.52. The number of hydrogen-bond acceptors (Lipinski definition) is 4. The highest BCUT2D eigenvalue weighted by atomic mass is 32.2. The lowest BCUT2D eigenvalue weighted by atomic mass is 10.6. The first kappa shape index (κ1) is 10.3. The number of anilines is 1. The fraction of sp³-hybridized carbons (Fsp3) is 0.400. The van der Waals surface area contributed by atoms with Gasteiger partial charge in [0.05, 0.1) is 6.20 Å². The third-order valence-corrected chi connectivity index (χ3v) is 2.82. The molecule has 0 spiro atoms. The largest absolute Gasteiger partial charge is 0.369 e. The minimum atomic E-state index is 0.878. The van der Waals surface area contributed by atoms with Crippen molar-refractivity contribution in [3.8, 4) is 0 Å². The van der Waals surface area contributed by atoms with E-state index < -0.39 is 0 Å². The van der Waals surface area contributed by atoms with Crippen LogP contribution < -0.4 is 5.32 Å². The molecule has 0 aromatic carbocycles. The van der Waals surface area contributed by atoms with Gasteiger partial charge in [-0.1, -0.05) is 6.92 Å². The molecule has 2 heterocycles. The summed E-state index contributed by atoms with van der Waals surface area (Å²) < 4.78 is 2.00. The van der Waals surface area contributed by atoms with Crippen molar-refractivity contribution in [3.05, 3.63) is 18.6 Å². The summed E-state index contributed by atoms with van der Waals surface area (Å²) in [6, 6.07) is 0. The molecular weight excluding hydrogens is 208 g/mol. The van der Waals surface area contributed by atoms with Gasteiger partial charge in [-0.15, -0.1) is 11.8 Å². The molecule has 80 valence electrons. The van der Waals surface area contributed by atoms with Crippen molar-refractivity contribution in [2.45, 2.75) is 18.9 Å². The van der Waals surface area contributed by atoms with Crippen LogP contribution in [-0.2, 0) is 0 Å². The maximum atomic E-state index is 4.52. The van der Waals surface area contributed by atoms with Crippen LogP contribution in [0, 0.1) is 0 Å². The molecule has 2 aromatic heterocycles. The second-order valence-corrected chi connectivity index (χ2v) is 4.31. The Labute approximate surface area is 93.1 Å². The second-order valence-electron chi connectivity index (χ2n) is 3.05. The van der Waals surface area contributed by atoms with Gasteiger partial charge in [-0.3, -0.25) is 0 Å². The summed E-state index contributed by atoms with van der Waals surface area (Å²) in [5.74, 6) is 1.91. The van der Waals surface area contributed by atoms with Crippen molar-refractivity contribution in [1.82, 2.24) is 14.4 Å². The predicted molar refractivity (Wildman–Crippen MR) is 63.5 cm³/mol. The summed E-state index contributed by atoms with van der Waals surface area (Å²) in [5.41, 5.74) is 0.934. The highest BCUT2D eigenvalue weighted by molar-refractivity contribution is 7.99. The Morgan fingerprint density at radius 3 is 3.07 bits per heavy atom. The van der Waals surface area contributed by atoms with Crippen LogP contribution in [0.2, 0.25) is 0 Å². The van der Waals surface area contributed by atoms with Crippen LogP contribution in [0.3, 0.4) is 0 Å². The van der Waals surface area contributed by atoms with Gasteiger partial charge in [-0.05, 0) is 12.7 Å². The van der Waals surface area contributed by atoms with Crippen LogP contribution in [0.15, 0.2) is 23.6 Å². The third-order valence-electron chi connectivity index (χ3n) is 1.98. The van der Waals surface area contributed by atoms with Crippen molar-refractivity contribution in [2.24, 2.45) is 0 Å². The molecule has 5 heteroatoms. The molecule has 4 nitrogen and oxygen atoms in total. The SMILES string of the molecule is CCNc1cn2ccnc2c(SCC)n1. The number of nitrogens with one attached hydrogen (secondary N) is 1. The Hall–Kier alpha value is -1.23. The van der Waals surface area contributed by atoms with E-state index in [1.54, 1.807) is 18.0 Å². The van der Waals surface area contributed by atoms with Crippen molar-refractivity contribution in [1.29, 1.82) is 0 Å². The number of hydrogen-bond donors (Lipinski definition) is 1. The fourth-order valence-electron chi connectivity index (χ4n) is 1.40. The topological polar surface area (TPSA) is 42.2 Å². The van der Waals surface area contributed by atoms with Crippen LogP contribution in [0.5, 0.6) is 0 Å². The molecule has 0 atom stereocenters. The average Bonchev–Trinajstić information content (AvgIpc) is 2.67. The minimum absolute atomic E-state index is 0.878. The lowest BCUT2D eigenvalue weighted by Gasteiger charge is -2.06. The van der Waals surface area contributed by atoms with Gasteiger partial charge >= 0.3 is 0 Å². The summed E-state index contributed by atoms with van der Waals surface area (Å²) in [7, 11) is 0. The fourth-order valence-corrected chi connectivity index (χ4v) is 2.13. The highest BCUT2D eigenvalue weighted by Gasteiger charge is 2.06. The van der Waals surface area contributed by atoms with Crippen LogP contribution in [0.1, 0.15) is 13.8 Å². The lowest BCUT2D eigenvalue weighted by Crippen LogP contribution is -2.02. The van der Waals surface area contributed by atoms with Crippen LogP contribution in [-0.4, -0.2) is 26.7 Å². The highest BCUT2D eigenvalue weighted by Crippen LogP contribution is 2.21. The molecule has 0 aliphatic rings. The molecular formula is C10H14N4S. The zero-order valence-corrected chi connectivity index (χ0v) is 9.71. The zero-order valence-electron chi connectivity index (χ0n) is 8.90. The van der Waals surface area contributed by atoms with E-state index in [1.807, 2.05) is 16.8 Å². The van der Waals surface area contributed by atoms with Crippen LogP contribution in [0.4, 0.5) is 5.82 Å². The lowest BCUT2D eigenvalue weighted by molar-refractivity contribution is 1.01. The molecule has 0 aliphatic carbocycles. The quantitative estimate of drug-likeness (QED) is 0.806. The number of thioether (sulfide) groups is 1. The number of rotatable bonds is 4. The van der Waals surface area contributed by atoms with E-state index in [0.717, 1.165) is 28.8 Å². The first-order valence-electron chi connectivity index (χ1n) is 5.05. The van der Waals surface area contributed by atoms with Gasteiger partial charge in [0.25, 0.3) is 0 Å². The smallest absolute Gasteiger partial charge is 0.169 e. The Bertz CT molecular complexity index is 452. The van der Waals surface area contributed by atoms with E-state index in [2.05, 4.69) is 29.1 Å². The van der Waals surface area contributed by atoms with Gasteiger partial charge in [-0.25, -0.2) is 9.97 Å². The molecule has 2 rings (SSSR count). The van der Waals surface area contributed by atoms with Gasteiger partial charge in [-0.2, -0.15) is 0 Å². The van der Waals surface area contributed by atoms with Crippen LogP contribution >= 0.6 is 11.8 Å². The van der Waals surface area contributed by atoms with E-state index >= 15 is 0 Å². The van der Waals surface area contributed by atoms with Gasteiger partial charge in [0, 0.05) is 18.9 Å². The molecule has 0 fully saturated rings. The van der Waals surface area contributed by atoms with E-state index in [-0.39, 0.29) is 0 Å². The van der Waals surface area contributed by atoms with Gasteiger partial charge in [0.1, 0.15) is 10.8 Å². The Balaban J connectivity index is 2.48. The summed E-state index contributed by atoms with van der Waals surface area (Å²) in [6.45, 7) is 5.06. The molecule has 15 heavy (non-hydrogen) atoms. The average molecular weight is 222 g/mol. The summed E-state index contributed by atoms with van der Waals surface area (Å²) in [6.07, 6.45) is 5.70. The van der Waals surface area contributed by atoms with E-state index in [9.17, 15) is 0 Å². The van der Waals surface area contributed by atoms with Gasteiger partial charge in [0.15, 0.2) is 5.65 Å². The van der Waals surface area contributed by atoms with E-state index in [4.69, 9.17) is 0 Å². The Kier molecular flexibility index (Phi) is 3.11. The van der Waals surface area contributed by atoms with Crippen molar-refractivity contribution >= 4 is 23.2 Å². The van der Waals surface area contributed by atoms with Crippen LogP contribution in [0.25, 0.3) is 5.65 Å². The normalized spacial score (nSPS) is 10.8. The number of fused-ring (bicyclic) bond motifs is 1. The predicted octanol–water partition coefficient (Wildman–Crippen LogP) is 2.27. The second kappa shape index (κ2) is 4.53. The molecule has 1 N–H and O–H groups in total. The first-order valence-corrected chi connectivity index (χ1v) is 6.04. The number of aromatic nitrogens is 3. The third kappa shape index (κ3) is 2.07. The summed E-state index contributed by atoms with van der Waals surface area (Å²) >= 11 is 1.71. The maximum Gasteiger partial charge on any atom is 0.169 e. The van der Waals surface area contributed by atoms with E-state index in [0.29, 0.717) is 0 Å². The number of nitrogens with zero attached hydrogens (tertiary/aromatic N) is 3. The molecule has 0 radical (unpaired) electrons. The number of imidazole rings is 1. The molecule has 2 aromatic rings. The minimum Gasteiger partial charge on any atom is -0.369 e. The van der Waals surface area contributed by atoms with Crippen molar-refractivity contribution in [3.63, 3.8) is 0 Å². The molecule has 0 saturated heterocycles. The Morgan fingerprint density at radius 2 is 2.33 bits per heavy atom. The standard InChI is InChI=1S/C10H14N4S/c1-3-11-8-7-14-6-5-12-9(14)10(13-8)15-4-2/h5-7,11H,3-4H2,1-2H3. The molecule has 0 amide bonds. The summed E-state index contributed by atoms with van der Waals surface area (Å²) in [5, 5.41) is 4.20. The molecule has 0 saturated carbocycles. The van der Waals surface area contributed by atoms with Gasteiger partial charge < -0.3 is 9.72 Å². The Morgan fingerprint density at radius 1 is 1.47 bits per heavy atom.